The van der Waals surface area contributed by atoms with E-state index in [2.05, 4.69) is 0 Å². The van der Waals surface area contributed by atoms with Crippen molar-refractivity contribution in [2.75, 3.05) is 0 Å². The lowest BCUT2D eigenvalue weighted by molar-refractivity contribution is 0.0961. The molecule has 3 heteroatoms. The first kappa shape index (κ1) is 12.5. The molecule has 2 nitrogen and oxygen atoms in total. The Kier molecular flexibility index (Phi) is 3.85. The summed E-state index contributed by atoms with van der Waals surface area (Å²) in [6, 6.07) is 14.4. The topological polar surface area (TPSA) is 43.1 Å². The van der Waals surface area contributed by atoms with Gasteiger partial charge in [-0.1, -0.05) is 30.3 Å². The highest BCUT2D eigenvalue weighted by Crippen LogP contribution is 2.09. The molecule has 0 aliphatic rings. The zero-order chi connectivity index (χ0) is 13.0. The van der Waals surface area contributed by atoms with E-state index >= 15 is 0 Å². The first-order valence-electron chi connectivity index (χ1n) is 5.76. The van der Waals surface area contributed by atoms with Gasteiger partial charge in [0.2, 0.25) is 0 Å². The van der Waals surface area contributed by atoms with Crippen LogP contribution in [0.25, 0.3) is 0 Å². The molecule has 1 atom stereocenters. The Bertz CT molecular complexity index is 522. The number of hydrogen-bond donors (Lipinski definition) is 1. The van der Waals surface area contributed by atoms with Crippen molar-refractivity contribution in [1.82, 2.24) is 0 Å². The van der Waals surface area contributed by atoms with Gasteiger partial charge in [0, 0.05) is 5.56 Å². The lowest BCUT2D eigenvalue weighted by Crippen LogP contribution is -2.32. The van der Waals surface area contributed by atoms with E-state index in [1.165, 1.54) is 24.3 Å². The minimum atomic E-state index is -0.599. The van der Waals surface area contributed by atoms with Crippen LogP contribution in [0.5, 0.6) is 0 Å². The molecule has 0 unspecified atom stereocenters. The van der Waals surface area contributed by atoms with E-state index in [4.69, 9.17) is 5.73 Å². The molecule has 92 valence electrons. The number of rotatable bonds is 4. The smallest absolute Gasteiger partial charge is 0.179 e. The molecule has 0 saturated heterocycles. The van der Waals surface area contributed by atoms with Crippen LogP contribution in [0.3, 0.4) is 0 Å². The Hall–Kier alpha value is -2.00. The largest absolute Gasteiger partial charge is 0.321 e. The van der Waals surface area contributed by atoms with Crippen molar-refractivity contribution in [2.45, 2.75) is 12.5 Å². The molecular weight excluding hydrogens is 229 g/mol. The van der Waals surface area contributed by atoms with E-state index in [1.807, 2.05) is 30.3 Å². The Morgan fingerprint density at radius 3 is 2.28 bits per heavy atom. The van der Waals surface area contributed by atoms with Crippen molar-refractivity contribution in [1.29, 1.82) is 0 Å². The molecule has 0 heterocycles. The highest BCUT2D eigenvalue weighted by atomic mass is 19.1. The molecule has 0 radical (unpaired) electrons. The van der Waals surface area contributed by atoms with Crippen LogP contribution in [0.1, 0.15) is 15.9 Å². The number of benzene rings is 2. The van der Waals surface area contributed by atoms with Crippen molar-refractivity contribution in [3.05, 3.63) is 71.5 Å². The minimum absolute atomic E-state index is 0.168. The van der Waals surface area contributed by atoms with E-state index in [0.717, 1.165) is 5.56 Å². The number of nitrogens with two attached hydrogens (primary N) is 1. The fourth-order valence-corrected chi connectivity index (χ4v) is 1.79. The highest BCUT2D eigenvalue weighted by molar-refractivity contribution is 6.00. The average Bonchev–Trinajstić information content (AvgIpc) is 2.40. The molecule has 2 rings (SSSR count). The highest BCUT2D eigenvalue weighted by Gasteiger charge is 2.15. The summed E-state index contributed by atoms with van der Waals surface area (Å²) in [6.07, 6.45) is 0.483. The summed E-state index contributed by atoms with van der Waals surface area (Å²) in [4.78, 5) is 12.0. The third-order valence-corrected chi connectivity index (χ3v) is 2.76. The molecular formula is C15H14FNO. The van der Waals surface area contributed by atoms with Crippen LogP contribution in [0, 0.1) is 5.82 Å². The van der Waals surface area contributed by atoms with Crippen LogP contribution >= 0.6 is 0 Å². The van der Waals surface area contributed by atoms with Gasteiger partial charge in [-0.05, 0) is 36.2 Å². The van der Waals surface area contributed by atoms with Gasteiger partial charge in [-0.2, -0.15) is 0 Å². The molecule has 2 N–H and O–H groups in total. The van der Waals surface area contributed by atoms with E-state index in [0.29, 0.717) is 12.0 Å². The molecule has 0 bridgehead atoms. The Balaban J connectivity index is 2.07. The second-order valence-corrected chi connectivity index (χ2v) is 4.17. The molecule has 0 saturated carbocycles. The van der Waals surface area contributed by atoms with Crippen molar-refractivity contribution in [3.8, 4) is 0 Å². The minimum Gasteiger partial charge on any atom is -0.321 e. The fourth-order valence-electron chi connectivity index (χ4n) is 1.79. The van der Waals surface area contributed by atoms with Gasteiger partial charge >= 0.3 is 0 Å². The van der Waals surface area contributed by atoms with Gasteiger partial charge in [-0.15, -0.1) is 0 Å². The van der Waals surface area contributed by atoms with Crippen LogP contribution in [0.2, 0.25) is 0 Å². The SMILES string of the molecule is N[C@@H](Cc1ccccc1)C(=O)c1ccc(F)cc1. The number of Topliss-reactive ketones (excluding diaryl/α,β-unsaturated/α-hetero) is 1. The van der Waals surface area contributed by atoms with Crippen molar-refractivity contribution >= 4 is 5.78 Å². The lowest BCUT2D eigenvalue weighted by atomic mass is 9.98. The molecule has 0 aliphatic heterocycles. The number of hydrogen-bond acceptors (Lipinski definition) is 2. The summed E-state index contributed by atoms with van der Waals surface area (Å²) in [5.74, 6) is -0.526. The van der Waals surface area contributed by atoms with E-state index in [9.17, 15) is 9.18 Å². The predicted molar refractivity (Wildman–Crippen MR) is 68.9 cm³/mol. The van der Waals surface area contributed by atoms with Crippen LogP contribution in [-0.4, -0.2) is 11.8 Å². The Morgan fingerprint density at radius 1 is 1.06 bits per heavy atom. The van der Waals surface area contributed by atoms with Crippen LogP contribution in [0.15, 0.2) is 54.6 Å². The monoisotopic (exact) mass is 243 g/mol. The number of carbonyl (C=O) groups excluding carboxylic acids is 1. The third kappa shape index (κ3) is 3.02. The van der Waals surface area contributed by atoms with Gasteiger partial charge in [-0.3, -0.25) is 4.79 Å². The molecule has 0 aliphatic carbocycles. The first-order valence-corrected chi connectivity index (χ1v) is 5.76. The van der Waals surface area contributed by atoms with Crippen molar-refractivity contribution in [2.24, 2.45) is 5.73 Å². The lowest BCUT2D eigenvalue weighted by Gasteiger charge is -2.10. The zero-order valence-electron chi connectivity index (χ0n) is 9.84. The Morgan fingerprint density at radius 2 is 1.67 bits per heavy atom. The summed E-state index contributed by atoms with van der Waals surface area (Å²) < 4.78 is 12.8. The first-order chi connectivity index (χ1) is 8.66. The molecule has 0 fully saturated rings. The number of ketones is 1. The predicted octanol–water partition coefficient (Wildman–Crippen LogP) is 2.58. The zero-order valence-corrected chi connectivity index (χ0v) is 9.84. The van der Waals surface area contributed by atoms with Gasteiger partial charge < -0.3 is 5.73 Å². The molecule has 0 amide bonds. The normalized spacial score (nSPS) is 12.1. The average molecular weight is 243 g/mol. The molecule has 0 spiro atoms. The van der Waals surface area contributed by atoms with Crippen molar-refractivity contribution < 1.29 is 9.18 Å². The van der Waals surface area contributed by atoms with Crippen LogP contribution < -0.4 is 5.73 Å². The number of carbonyl (C=O) groups is 1. The second-order valence-electron chi connectivity index (χ2n) is 4.17. The summed E-state index contributed by atoms with van der Waals surface area (Å²) >= 11 is 0. The van der Waals surface area contributed by atoms with Crippen LogP contribution in [-0.2, 0) is 6.42 Å². The maximum Gasteiger partial charge on any atom is 0.179 e. The third-order valence-electron chi connectivity index (χ3n) is 2.76. The van der Waals surface area contributed by atoms with Gasteiger partial charge in [0.05, 0.1) is 6.04 Å². The maximum absolute atomic E-state index is 12.8. The van der Waals surface area contributed by atoms with Gasteiger partial charge in [0.1, 0.15) is 5.82 Å². The van der Waals surface area contributed by atoms with Gasteiger partial charge in [0.15, 0.2) is 5.78 Å². The van der Waals surface area contributed by atoms with Crippen molar-refractivity contribution in [3.63, 3.8) is 0 Å². The molecule has 2 aromatic rings. The molecule has 2 aromatic carbocycles. The Labute approximate surface area is 105 Å². The molecule has 0 aromatic heterocycles. The second kappa shape index (κ2) is 5.56. The summed E-state index contributed by atoms with van der Waals surface area (Å²) in [7, 11) is 0. The van der Waals surface area contributed by atoms with E-state index < -0.39 is 6.04 Å². The summed E-state index contributed by atoms with van der Waals surface area (Å²) in [6.45, 7) is 0. The standard InChI is InChI=1S/C15H14FNO/c16-13-8-6-12(7-9-13)15(18)14(17)10-11-4-2-1-3-5-11/h1-9,14H,10,17H2/t14-/m0/s1. The van der Waals surface area contributed by atoms with E-state index in [1.54, 1.807) is 0 Å². The quantitative estimate of drug-likeness (QED) is 0.839. The summed E-state index contributed by atoms with van der Waals surface area (Å²) in [5, 5.41) is 0. The van der Waals surface area contributed by atoms with E-state index in [-0.39, 0.29) is 11.6 Å². The van der Waals surface area contributed by atoms with Gasteiger partial charge in [0.25, 0.3) is 0 Å². The molecule has 18 heavy (non-hydrogen) atoms. The number of halogens is 1. The maximum atomic E-state index is 12.8. The summed E-state index contributed by atoms with van der Waals surface area (Å²) in [5.41, 5.74) is 7.33. The fraction of sp³-hybridized carbons (Fsp3) is 0.133. The van der Waals surface area contributed by atoms with Crippen LogP contribution in [0.4, 0.5) is 4.39 Å². The van der Waals surface area contributed by atoms with Gasteiger partial charge in [-0.25, -0.2) is 4.39 Å².